The van der Waals surface area contributed by atoms with Gasteiger partial charge in [-0.05, 0) is 48.5 Å². The number of amides is 2. The second-order valence-electron chi connectivity index (χ2n) is 6.57. The Morgan fingerprint density at radius 2 is 1.48 bits per heavy atom. The average Bonchev–Trinajstić information content (AvgIpc) is 2.80. The van der Waals surface area contributed by atoms with Gasteiger partial charge in [-0.15, -0.1) is 0 Å². The molecule has 0 aliphatic heterocycles. The zero-order chi connectivity index (χ0) is 21.6. The van der Waals surface area contributed by atoms with Gasteiger partial charge in [0.25, 0.3) is 5.91 Å². The first-order chi connectivity index (χ1) is 15.1. The molecular formula is C23H18N6O2. The molecule has 8 heteroatoms. The molecule has 3 aromatic carbocycles. The van der Waals surface area contributed by atoms with Crippen LogP contribution in [0, 0.1) is 0 Å². The van der Waals surface area contributed by atoms with E-state index in [1.807, 2.05) is 24.3 Å². The predicted octanol–water partition coefficient (Wildman–Crippen LogP) is 3.63. The maximum absolute atomic E-state index is 12.6. The fraction of sp³-hybridized carbons (Fsp3) is 0. The van der Waals surface area contributed by atoms with E-state index >= 15 is 0 Å². The Kier molecular flexibility index (Phi) is 5.62. The summed E-state index contributed by atoms with van der Waals surface area (Å²) in [5, 5.41) is 5.97. The summed E-state index contributed by atoms with van der Waals surface area (Å²) in [6.07, 6.45) is 1.39. The third kappa shape index (κ3) is 4.70. The van der Waals surface area contributed by atoms with Crippen LogP contribution in [0.1, 0.15) is 20.7 Å². The molecule has 31 heavy (non-hydrogen) atoms. The van der Waals surface area contributed by atoms with Gasteiger partial charge in [-0.3, -0.25) is 9.59 Å². The number of hydrogen-bond donors (Lipinski definition) is 3. The molecule has 1 aromatic heterocycles. The molecule has 1 heterocycles. The van der Waals surface area contributed by atoms with Crippen LogP contribution in [-0.4, -0.2) is 26.8 Å². The van der Waals surface area contributed by atoms with Crippen LogP contribution < -0.4 is 16.4 Å². The fourth-order valence-corrected chi connectivity index (χ4v) is 2.90. The first-order valence-electron chi connectivity index (χ1n) is 9.42. The third-order valence-electron chi connectivity index (χ3n) is 4.45. The van der Waals surface area contributed by atoms with Crippen LogP contribution in [0.5, 0.6) is 0 Å². The number of carbonyl (C=O) groups excluding carboxylic acids is 2. The van der Waals surface area contributed by atoms with Gasteiger partial charge in [-0.1, -0.05) is 30.3 Å². The normalized spacial score (nSPS) is 10.3. The van der Waals surface area contributed by atoms with E-state index in [4.69, 9.17) is 5.73 Å². The number of nitrogens with two attached hydrogens (primary N) is 1. The molecular weight excluding hydrogens is 392 g/mol. The Bertz CT molecular complexity index is 1230. The van der Waals surface area contributed by atoms with Crippen molar-refractivity contribution in [1.82, 2.24) is 15.0 Å². The minimum atomic E-state index is -0.497. The van der Waals surface area contributed by atoms with E-state index in [0.717, 1.165) is 0 Å². The van der Waals surface area contributed by atoms with Crippen molar-refractivity contribution in [2.24, 2.45) is 5.73 Å². The molecule has 2 amide bonds. The van der Waals surface area contributed by atoms with Crippen LogP contribution in [0.25, 0.3) is 11.4 Å². The van der Waals surface area contributed by atoms with Crippen molar-refractivity contribution < 1.29 is 9.59 Å². The number of para-hydroxylation sites is 1. The summed E-state index contributed by atoms with van der Waals surface area (Å²) in [5.74, 6) is -0.00520. The molecule has 4 aromatic rings. The molecule has 0 bridgehead atoms. The van der Waals surface area contributed by atoms with E-state index in [0.29, 0.717) is 39.8 Å². The molecule has 8 nitrogen and oxygen atoms in total. The second kappa shape index (κ2) is 8.83. The number of anilines is 3. The Hall–Kier alpha value is -4.59. The lowest BCUT2D eigenvalue weighted by Crippen LogP contribution is -2.12. The number of carbonyl (C=O) groups is 2. The summed E-state index contributed by atoms with van der Waals surface area (Å²) in [7, 11) is 0. The summed E-state index contributed by atoms with van der Waals surface area (Å²) >= 11 is 0. The van der Waals surface area contributed by atoms with Crippen molar-refractivity contribution in [2.45, 2.75) is 0 Å². The number of rotatable bonds is 6. The summed E-state index contributed by atoms with van der Waals surface area (Å²) in [6, 6.07) is 22.9. The Labute approximate surface area is 178 Å². The lowest BCUT2D eigenvalue weighted by Gasteiger charge is -2.11. The van der Waals surface area contributed by atoms with Crippen LogP contribution >= 0.6 is 0 Å². The van der Waals surface area contributed by atoms with E-state index in [-0.39, 0.29) is 5.91 Å². The van der Waals surface area contributed by atoms with E-state index in [9.17, 15) is 9.59 Å². The van der Waals surface area contributed by atoms with Crippen molar-refractivity contribution in [3.63, 3.8) is 0 Å². The molecule has 0 aliphatic carbocycles. The van der Waals surface area contributed by atoms with Crippen molar-refractivity contribution in [1.29, 1.82) is 0 Å². The van der Waals surface area contributed by atoms with Gasteiger partial charge in [0, 0.05) is 22.4 Å². The molecule has 0 aliphatic rings. The smallest absolute Gasteiger partial charge is 0.255 e. The Morgan fingerprint density at radius 1 is 0.774 bits per heavy atom. The van der Waals surface area contributed by atoms with Crippen LogP contribution in [0.15, 0.2) is 85.2 Å². The van der Waals surface area contributed by atoms with Gasteiger partial charge in [-0.2, -0.15) is 4.98 Å². The zero-order valence-corrected chi connectivity index (χ0v) is 16.3. The van der Waals surface area contributed by atoms with Gasteiger partial charge in [0.2, 0.25) is 11.9 Å². The zero-order valence-electron chi connectivity index (χ0n) is 16.3. The highest BCUT2D eigenvalue weighted by molar-refractivity contribution is 6.06. The SMILES string of the molecule is NC(=O)c1ccc(Nc2ncnc(-c3ccccc3NC(=O)c3ccccc3)n2)cc1. The molecule has 4 rings (SSSR count). The number of benzene rings is 3. The third-order valence-corrected chi connectivity index (χ3v) is 4.45. The van der Waals surface area contributed by atoms with Gasteiger partial charge in [0.15, 0.2) is 5.82 Å². The largest absolute Gasteiger partial charge is 0.366 e. The minimum absolute atomic E-state index is 0.227. The highest BCUT2D eigenvalue weighted by Gasteiger charge is 2.13. The van der Waals surface area contributed by atoms with Crippen molar-refractivity contribution >= 4 is 29.1 Å². The Morgan fingerprint density at radius 3 is 2.23 bits per heavy atom. The summed E-state index contributed by atoms with van der Waals surface area (Å²) in [4.78, 5) is 36.6. The topological polar surface area (TPSA) is 123 Å². The van der Waals surface area contributed by atoms with Gasteiger partial charge < -0.3 is 16.4 Å². The molecule has 152 valence electrons. The molecule has 0 saturated heterocycles. The second-order valence-corrected chi connectivity index (χ2v) is 6.57. The number of hydrogen-bond acceptors (Lipinski definition) is 6. The van der Waals surface area contributed by atoms with E-state index in [1.165, 1.54) is 6.33 Å². The fourth-order valence-electron chi connectivity index (χ4n) is 2.90. The first kappa shape index (κ1) is 19.7. The van der Waals surface area contributed by atoms with Gasteiger partial charge in [-0.25, -0.2) is 9.97 Å². The summed E-state index contributed by atoms with van der Waals surface area (Å²) < 4.78 is 0. The predicted molar refractivity (Wildman–Crippen MR) is 118 cm³/mol. The molecule has 0 atom stereocenters. The van der Waals surface area contributed by atoms with Crippen LogP contribution in [0.4, 0.5) is 17.3 Å². The summed E-state index contributed by atoms with van der Waals surface area (Å²) in [6.45, 7) is 0. The van der Waals surface area contributed by atoms with Gasteiger partial charge in [0.1, 0.15) is 6.33 Å². The number of nitrogens with zero attached hydrogens (tertiary/aromatic N) is 3. The molecule has 0 radical (unpaired) electrons. The highest BCUT2D eigenvalue weighted by atomic mass is 16.2. The molecule has 4 N–H and O–H groups in total. The Balaban J connectivity index is 1.58. The lowest BCUT2D eigenvalue weighted by molar-refractivity contribution is 0.0997. The average molecular weight is 410 g/mol. The van der Waals surface area contributed by atoms with Gasteiger partial charge >= 0.3 is 0 Å². The van der Waals surface area contributed by atoms with Crippen molar-refractivity contribution in [2.75, 3.05) is 10.6 Å². The standard InChI is InChI=1S/C23H18N6O2/c24-20(30)15-10-12-17(13-11-15)27-23-26-14-25-21(29-23)18-8-4-5-9-19(18)28-22(31)16-6-2-1-3-7-16/h1-14H,(H2,24,30)(H,28,31)(H,25,26,27,29). The number of nitrogens with one attached hydrogen (secondary N) is 2. The monoisotopic (exact) mass is 410 g/mol. The summed E-state index contributed by atoms with van der Waals surface area (Å²) in [5.41, 5.74) is 8.15. The van der Waals surface area contributed by atoms with Crippen LogP contribution in [0.3, 0.4) is 0 Å². The van der Waals surface area contributed by atoms with Crippen molar-refractivity contribution in [3.05, 3.63) is 96.3 Å². The van der Waals surface area contributed by atoms with Crippen molar-refractivity contribution in [3.8, 4) is 11.4 Å². The van der Waals surface area contributed by atoms with Crippen LogP contribution in [0.2, 0.25) is 0 Å². The van der Waals surface area contributed by atoms with E-state index in [1.54, 1.807) is 54.6 Å². The molecule has 0 fully saturated rings. The van der Waals surface area contributed by atoms with Crippen LogP contribution in [-0.2, 0) is 0 Å². The highest BCUT2D eigenvalue weighted by Crippen LogP contribution is 2.26. The first-order valence-corrected chi connectivity index (χ1v) is 9.42. The van der Waals surface area contributed by atoms with E-state index < -0.39 is 5.91 Å². The lowest BCUT2D eigenvalue weighted by atomic mass is 10.1. The number of aromatic nitrogens is 3. The number of primary amides is 1. The maximum Gasteiger partial charge on any atom is 0.255 e. The minimum Gasteiger partial charge on any atom is -0.366 e. The molecule has 0 spiro atoms. The molecule has 0 unspecified atom stereocenters. The quantitative estimate of drug-likeness (QED) is 0.446. The maximum atomic E-state index is 12.6. The molecule has 0 saturated carbocycles. The van der Waals surface area contributed by atoms with Gasteiger partial charge in [0.05, 0.1) is 5.69 Å². The van der Waals surface area contributed by atoms with E-state index in [2.05, 4.69) is 25.6 Å².